The highest BCUT2D eigenvalue weighted by atomic mass is 16.3. The Labute approximate surface area is 147 Å². The molecule has 1 aliphatic rings. The molecule has 1 aliphatic carbocycles. The topological polar surface area (TPSA) is 49.2 Å². The smallest absolute Gasteiger partial charge is 0.254 e. The Kier molecular flexibility index (Phi) is 3.71. The molecule has 1 saturated carbocycles. The van der Waals surface area contributed by atoms with Gasteiger partial charge in [-0.05, 0) is 62.1 Å². The number of rotatable bonds is 4. The van der Waals surface area contributed by atoms with Crippen molar-refractivity contribution in [2.45, 2.75) is 39.7 Å². The van der Waals surface area contributed by atoms with Crippen LogP contribution in [-0.2, 0) is 6.54 Å². The van der Waals surface area contributed by atoms with Gasteiger partial charge in [0.15, 0.2) is 0 Å². The van der Waals surface area contributed by atoms with Crippen LogP contribution in [0.3, 0.4) is 0 Å². The van der Waals surface area contributed by atoms with E-state index in [0.717, 1.165) is 34.0 Å². The molecule has 1 fully saturated rings. The van der Waals surface area contributed by atoms with E-state index >= 15 is 0 Å². The van der Waals surface area contributed by atoms with Crippen molar-refractivity contribution in [1.82, 2.24) is 9.88 Å². The van der Waals surface area contributed by atoms with Gasteiger partial charge in [-0.2, -0.15) is 0 Å². The zero-order valence-electron chi connectivity index (χ0n) is 15.2. The minimum absolute atomic E-state index is 0.0119. The summed E-state index contributed by atoms with van der Waals surface area (Å²) < 4.78 is 5.93. The van der Waals surface area contributed by atoms with Crippen molar-refractivity contribution in [3.8, 4) is 0 Å². The Morgan fingerprint density at radius 1 is 1.28 bits per heavy atom. The van der Waals surface area contributed by atoms with Gasteiger partial charge in [-0.25, -0.2) is 0 Å². The van der Waals surface area contributed by atoms with E-state index in [9.17, 15) is 4.79 Å². The van der Waals surface area contributed by atoms with Gasteiger partial charge in [-0.3, -0.25) is 4.79 Å². The minimum atomic E-state index is 0.0119. The standard InChI is InChI=1S/C21H24N2O2/c1-12-9-17(12)20-8-6-16(25-20)11-23(4)21(24)15-5-7-19-18(10-15)13(2)14(3)22-19/h5-8,10,12,17,22H,9,11H2,1-4H3. The molecule has 2 unspecified atom stereocenters. The van der Waals surface area contributed by atoms with Gasteiger partial charge in [0.1, 0.15) is 11.5 Å². The van der Waals surface area contributed by atoms with Crippen LogP contribution in [-0.4, -0.2) is 22.8 Å². The highest BCUT2D eigenvalue weighted by molar-refractivity contribution is 5.98. The SMILES string of the molecule is Cc1[nH]c2ccc(C(=O)N(C)Cc3ccc(C4CC4C)o3)cc2c1C. The lowest BCUT2D eigenvalue weighted by molar-refractivity contribution is 0.0775. The number of amides is 1. The molecule has 1 N–H and O–H groups in total. The number of aromatic nitrogens is 1. The number of furan rings is 1. The summed E-state index contributed by atoms with van der Waals surface area (Å²) >= 11 is 0. The summed E-state index contributed by atoms with van der Waals surface area (Å²) in [6.07, 6.45) is 1.21. The maximum atomic E-state index is 12.8. The van der Waals surface area contributed by atoms with E-state index in [-0.39, 0.29) is 5.91 Å². The molecule has 0 aliphatic heterocycles. The van der Waals surface area contributed by atoms with Crippen molar-refractivity contribution in [3.63, 3.8) is 0 Å². The highest BCUT2D eigenvalue weighted by Gasteiger charge is 2.36. The van der Waals surface area contributed by atoms with Gasteiger partial charge >= 0.3 is 0 Å². The van der Waals surface area contributed by atoms with Crippen LogP contribution in [0.4, 0.5) is 0 Å². The predicted molar refractivity (Wildman–Crippen MR) is 98.8 cm³/mol. The fourth-order valence-electron chi connectivity index (χ4n) is 3.52. The Morgan fingerprint density at radius 2 is 2.04 bits per heavy atom. The summed E-state index contributed by atoms with van der Waals surface area (Å²) in [6.45, 7) is 6.86. The lowest BCUT2D eigenvalue weighted by Gasteiger charge is -2.16. The summed E-state index contributed by atoms with van der Waals surface area (Å²) in [5.41, 5.74) is 4.12. The monoisotopic (exact) mass is 336 g/mol. The van der Waals surface area contributed by atoms with Gasteiger partial charge in [0.25, 0.3) is 5.91 Å². The molecule has 3 aromatic rings. The average Bonchev–Trinajstić information content (AvgIpc) is 3.02. The van der Waals surface area contributed by atoms with E-state index in [0.29, 0.717) is 18.0 Å². The molecule has 0 bridgehead atoms. The number of carbonyl (C=O) groups excluding carboxylic acids is 1. The second kappa shape index (κ2) is 5.80. The van der Waals surface area contributed by atoms with E-state index in [1.165, 1.54) is 12.0 Å². The molecule has 25 heavy (non-hydrogen) atoms. The normalized spacial score (nSPS) is 19.4. The minimum Gasteiger partial charge on any atom is -0.464 e. The molecule has 4 rings (SSSR count). The second-order valence-electron chi connectivity index (χ2n) is 7.42. The van der Waals surface area contributed by atoms with Gasteiger partial charge in [-0.15, -0.1) is 0 Å². The van der Waals surface area contributed by atoms with Crippen LogP contribution in [0.1, 0.15) is 52.4 Å². The van der Waals surface area contributed by atoms with E-state index in [2.05, 4.69) is 31.8 Å². The third-order valence-electron chi connectivity index (χ3n) is 5.45. The van der Waals surface area contributed by atoms with Crippen LogP contribution in [0.15, 0.2) is 34.7 Å². The number of hydrogen-bond donors (Lipinski definition) is 1. The zero-order valence-corrected chi connectivity index (χ0v) is 15.2. The molecule has 4 nitrogen and oxygen atoms in total. The zero-order chi connectivity index (χ0) is 17.7. The Hall–Kier alpha value is -2.49. The molecule has 2 atom stereocenters. The Balaban J connectivity index is 1.51. The van der Waals surface area contributed by atoms with Crippen molar-refractivity contribution in [1.29, 1.82) is 0 Å². The average molecular weight is 336 g/mol. The lowest BCUT2D eigenvalue weighted by Crippen LogP contribution is -2.25. The first-order valence-corrected chi connectivity index (χ1v) is 8.87. The van der Waals surface area contributed by atoms with Gasteiger partial charge in [0, 0.05) is 35.1 Å². The van der Waals surface area contributed by atoms with Crippen molar-refractivity contribution in [2.75, 3.05) is 7.05 Å². The molecule has 0 radical (unpaired) electrons. The first kappa shape index (κ1) is 16.0. The maximum Gasteiger partial charge on any atom is 0.254 e. The number of H-pyrrole nitrogens is 1. The first-order chi connectivity index (χ1) is 11.9. The number of carbonyl (C=O) groups is 1. The van der Waals surface area contributed by atoms with Gasteiger partial charge in [-0.1, -0.05) is 6.92 Å². The van der Waals surface area contributed by atoms with E-state index in [1.54, 1.807) is 4.90 Å². The predicted octanol–water partition coefficient (Wildman–Crippen LogP) is 4.77. The first-order valence-electron chi connectivity index (χ1n) is 8.87. The largest absolute Gasteiger partial charge is 0.464 e. The molecule has 4 heteroatoms. The number of hydrogen-bond acceptors (Lipinski definition) is 2. The molecule has 0 spiro atoms. The number of benzene rings is 1. The van der Waals surface area contributed by atoms with Crippen molar-refractivity contribution in [3.05, 3.63) is 58.7 Å². The maximum absolute atomic E-state index is 12.8. The molecule has 0 saturated heterocycles. The fraction of sp³-hybridized carbons (Fsp3) is 0.381. The molecular weight excluding hydrogens is 312 g/mol. The molecule has 130 valence electrons. The summed E-state index contributed by atoms with van der Waals surface area (Å²) in [7, 11) is 1.82. The van der Waals surface area contributed by atoms with Crippen LogP contribution >= 0.6 is 0 Å². The summed E-state index contributed by atoms with van der Waals surface area (Å²) in [4.78, 5) is 17.9. The molecule has 2 heterocycles. The third-order valence-corrected chi connectivity index (χ3v) is 5.45. The lowest BCUT2D eigenvalue weighted by atomic mass is 10.1. The molecule has 1 amide bonds. The number of aromatic amines is 1. The fourth-order valence-corrected chi connectivity index (χ4v) is 3.52. The second-order valence-corrected chi connectivity index (χ2v) is 7.42. The summed E-state index contributed by atoms with van der Waals surface area (Å²) in [6, 6.07) is 9.89. The molecule has 2 aromatic heterocycles. The van der Waals surface area contributed by atoms with Crippen LogP contribution in [0.2, 0.25) is 0 Å². The Bertz CT molecular complexity index is 950. The highest BCUT2D eigenvalue weighted by Crippen LogP contribution is 2.47. The van der Waals surface area contributed by atoms with Gasteiger partial charge in [0.2, 0.25) is 0 Å². The Morgan fingerprint density at radius 3 is 2.76 bits per heavy atom. The van der Waals surface area contributed by atoms with Crippen LogP contribution in [0.5, 0.6) is 0 Å². The van der Waals surface area contributed by atoms with Crippen molar-refractivity contribution >= 4 is 16.8 Å². The number of fused-ring (bicyclic) bond motifs is 1. The van der Waals surface area contributed by atoms with Gasteiger partial charge in [0.05, 0.1) is 6.54 Å². The molecular formula is C21H24N2O2. The van der Waals surface area contributed by atoms with E-state index < -0.39 is 0 Å². The number of nitrogens with one attached hydrogen (secondary N) is 1. The third kappa shape index (κ3) is 2.86. The number of aryl methyl sites for hydroxylation is 2. The molecule has 1 aromatic carbocycles. The number of nitrogens with zero attached hydrogens (tertiary/aromatic N) is 1. The van der Waals surface area contributed by atoms with Crippen LogP contribution in [0, 0.1) is 19.8 Å². The van der Waals surface area contributed by atoms with E-state index in [1.807, 2.05) is 31.3 Å². The van der Waals surface area contributed by atoms with Gasteiger partial charge < -0.3 is 14.3 Å². The van der Waals surface area contributed by atoms with Crippen molar-refractivity contribution < 1.29 is 9.21 Å². The summed E-state index contributed by atoms with van der Waals surface area (Å²) in [5.74, 6) is 3.20. The van der Waals surface area contributed by atoms with E-state index in [4.69, 9.17) is 4.42 Å². The van der Waals surface area contributed by atoms with Crippen LogP contribution < -0.4 is 0 Å². The quantitative estimate of drug-likeness (QED) is 0.746. The van der Waals surface area contributed by atoms with Crippen LogP contribution in [0.25, 0.3) is 10.9 Å². The van der Waals surface area contributed by atoms with Crippen molar-refractivity contribution in [2.24, 2.45) is 5.92 Å². The summed E-state index contributed by atoms with van der Waals surface area (Å²) in [5, 5.41) is 1.11.